The van der Waals surface area contributed by atoms with E-state index in [1.807, 2.05) is 0 Å². The molecule has 16 heteroatoms. The van der Waals surface area contributed by atoms with Crippen molar-refractivity contribution in [3.8, 4) is 0 Å². The molecule has 0 aromatic heterocycles. The van der Waals surface area contributed by atoms with Gasteiger partial charge in [0.05, 0.1) is 17.9 Å². The fraction of sp³-hybridized carbons (Fsp3) is 0.935. The third-order valence-corrected chi connectivity index (χ3v) is 12.7. The van der Waals surface area contributed by atoms with E-state index in [1.54, 1.807) is 0 Å². The van der Waals surface area contributed by atoms with E-state index >= 15 is 0 Å². The summed E-state index contributed by atoms with van der Waals surface area (Å²) in [6.45, 7) is -5.50. The summed E-state index contributed by atoms with van der Waals surface area (Å²) in [5, 5.41) is 9.57. The van der Waals surface area contributed by atoms with Crippen molar-refractivity contribution in [2.24, 2.45) is 46.3 Å². The summed E-state index contributed by atoms with van der Waals surface area (Å²) in [7, 11) is 1.33. The molecule has 2 saturated heterocycles. The molecule has 0 aromatic carbocycles. The highest BCUT2D eigenvalue weighted by atomic mass is 19.3. The number of halogens is 8. The highest BCUT2D eigenvalue weighted by molar-refractivity contribution is 5.77. The Morgan fingerprint density at radius 3 is 1.15 bits per heavy atom. The zero-order valence-corrected chi connectivity index (χ0v) is 25.7. The first-order valence-corrected chi connectivity index (χ1v) is 16.1. The number of ether oxygens (including phenoxy) is 5. The van der Waals surface area contributed by atoms with Crippen molar-refractivity contribution in [2.75, 3.05) is 33.5 Å². The number of rotatable bonds is 2. The zero-order chi connectivity index (χ0) is 34.1. The van der Waals surface area contributed by atoms with Gasteiger partial charge in [0.15, 0.2) is 11.6 Å². The minimum Gasteiger partial charge on any atom is -0.481 e. The lowest BCUT2D eigenvalue weighted by atomic mass is 9.47. The Hall–Kier alpha value is -1.78. The number of alkyl halides is 8. The molecule has 0 radical (unpaired) electrons. The first-order valence-electron chi connectivity index (χ1n) is 16.1. The van der Waals surface area contributed by atoms with Gasteiger partial charge in [-0.25, -0.2) is 0 Å². The van der Waals surface area contributed by atoms with Gasteiger partial charge in [-0.05, 0) is 76.0 Å². The second-order valence-corrected chi connectivity index (χ2v) is 15.5. The predicted octanol–water partition coefficient (Wildman–Crippen LogP) is 5.91. The molecule has 2 spiro atoms. The summed E-state index contributed by atoms with van der Waals surface area (Å²) in [5.41, 5.74) is -1.54. The van der Waals surface area contributed by atoms with Gasteiger partial charge >= 0.3 is 35.6 Å². The van der Waals surface area contributed by atoms with Crippen molar-refractivity contribution < 1.29 is 73.5 Å². The number of carbonyl (C=O) groups excluding carboxylic acids is 1. The van der Waals surface area contributed by atoms with Gasteiger partial charge in [0.1, 0.15) is 26.4 Å². The molecule has 266 valence electrons. The standard InChI is InChI=1S/C16H20F4O4.C15H18F4O4/c1-22-12(21)13-4-9-2-10(5-13)16(11(3-9)6-13)23-7-14(17,18)15(19,20)8-24-16;16-13(17)6-22-15(23-7-14(13,18)19)9-1-8-2-10(15)5-12(3-8,4-9)11(20)21/h9-11H,2-8H2,1H3;8-10H,1-7H2,(H,20,21). The Bertz CT molecular complexity index is 1240. The van der Waals surface area contributed by atoms with Crippen LogP contribution in [0.2, 0.25) is 0 Å². The van der Waals surface area contributed by atoms with Gasteiger partial charge in [-0.1, -0.05) is 0 Å². The van der Waals surface area contributed by atoms with E-state index < -0.39 is 90.3 Å². The second kappa shape index (κ2) is 10.4. The van der Waals surface area contributed by atoms with Gasteiger partial charge in [-0.2, -0.15) is 35.1 Å². The molecule has 8 saturated carbocycles. The van der Waals surface area contributed by atoms with E-state index in [4.69, 9.17) is 23.7 Å². The lowest BCUT2D eigenvalue weighted by molar-refractivity contribution is -0.345. The molecule has 1 N–H and O–H groups in total. The van der Waals surface area contributed by atoms with Crippen LogP contribution < -0.4 is 0 Å². The van der Waals surface area contributed by atoms with E-state index in [9.17, 15) is 49.8 Å². The van der Waals surface area contributed by atoms with Crippen molar-refractivity contribution in [3.63, 3.8) is 0 Å². The molecular weight excluding hydrogens is 652 g/mol. The minimum atomic E-state index is -4.28. The van der Waals surface area contributed by atoms with Crippen molar-refractivity contribution in [2.45, 2.75) is 99.5 Å². The van der Waals surface area contributed by atoms with Gasteiger partial charge in [0.25, 0.3) is 0 Å². The third kappa shape index (κ3) is 4.79. The molecule has 8 nitrogen and oxygen atoms in total. The van der Waals surface area contributed by atoms with E-state index in [1.165, 1.54) is 7.11 Å². The maximum atomic E-state index is 13.7. The molecule has 4 unspecified atom stereocenters. The van der Waals surface area contributed by atoms with Crippen LogP contribution in [0.15, 0.2) is 0 Å². The lowest BCUT2D eigenvalue weighted by Crippen LogP contribution is -2.65. The van der Waals surface area contributed by atoms with Crippen molar-refractivity contribution in [1.82, 2.24) is 0 Å². The molecule has 8 aliphatic carbocycles. The van der Waals surface area contributed by atoms with E-state index in [0.29, 0.717) is 51.4 Å². The highest BCUT2D eigenvalue weighted by Gasteiger charge is 2.72. The largest absolute Gasteiger partial charge is 0.481 e. The van der Waals surface area contributed by atoms with Gasteiger partial charge < -0.3 is 28.8 Å². The first-order chi connectivity index (χ1) is 21.7. The molecule has 10 fully saturated rings. The van der Waals surface area contributed by atoms with Crippen LogP contribution in [0.3, 0.4) is 0 Å². The Morgan fingerprint density at radius 1 is 0.553 bits per heavy atom. The summed E-state index contributed by atoms with van der Waals surface area (Å²) in [6.07, 6.45) is 4.98. The molecule has 4 atom stereocenters. The summed E-state index contributed by atoms with van der Waals surface area (Å²) < 4.78 is 135. The maximum absolute atomic E-state index is 13.7. The van der Waals surface area contributed by atoms with Crippen LogP contribution in [0.5, 0.6) is 0 Å². The molecule has 0 aromatic rings. The fourth-order valence-corrected chi connectivity index (χ4v) is 10.8. The number of carbonyl (C=O) groups is 2. The fourth-order valence-electron chi connectivity index (χ4n) is 10.8. The van der Waals surface area contributed by atoms with E-state index in [-0.39, 0.29) is 42.5 Å². The van der Waals surface area contributed by atoms with Crippen LogP contribution in [0.4, 0.5) is 35.1 Å². The van der Waals surface area contributed by atoms with Crippen LogP contribution >= 0.6 is 0 Å². The monoisotopic (exact) mass is 690 g/mol. The van der Waals surface area contributed by atoms with Crippen LogP contribution in [-0.4, -0.2) is 85.8 Å². The number of hydrogen-bond donors (Lipinski definition) is 1. The smallest absolute Gasteiger partial charge is 0.335 e. The molecule has 8 bridgehead atoms. The van der Waals surface area contributed by atoms with Crippen molar-refractivity contribution >= 4 is 11.9 Å². The number of esters is 1. The summed E-state index contributed by atoms with van der Waals surface area (Å²) in [5.74, 6) is -22.3. The average Bonchev–Trinajstić information content (AvgIpc) is 3.14. The van der Waals surface area contributed by atoms with Gasteiger partial charge in [-0.15, -0.1) is 0 Å². The quantitative estimate of drug-likeness (QED) is 0.282. The van der Waals surface area contributed by atoms with Crippen molar-refractivity contribution in [3.05, 3.63) is 0 Å². The van der Waals surface area contributed by atoms with Crippen molar-refractivity contribution in [1.29, 1.82) is 0 Å². The maximum Gasteiger partial charge on any atom is 0.335 e. The third-order valence-electron chi connectivity index (χ3n) is 12.7. The van der Waals surface area contributed by atoms with Gasteiger partial charge in [-0.3, -0.25) is 9.59 Å². The topological polar surface area (TPSA) is 101 Å². The Morgan fingerprint density at radius 2 is 0.851 bits per heavy atom. The summed E-state index contributed by atoms with van der Waals surface area (Å²) >= 11 is 0. The Labute approximate surface area is 265 Å². The predicted molar refractivity (Wildman–Crippen MR) is 141 cm³/mol. The molecule has 2 heterocycles. The SMILES string of the molecule is COC(=O)C12CC3CC(C1)C1(OCC(F)(F)C(F)(F)CO1)C(C3)C2.O=C(O)C12CC3CC(C1)C1(OCC(F)(F)C(F)(F)CO1)C(C3)C2. The van der Waals surface area contributed by atoms with E-state index in [2.05, 4.69) is 0 Å². The number of carboxylic acids is 1. The number of hydrogen-bond acceptors (Lipinski definition) is 7. The van der Waals surface area contributed by atoms with Gasteiger partial charge in [0.2, 0.25) is 0 Å². The molecule has 47 heavy (non-hydrogen) atoms. The average molecular weight is 691 g/mol. The molecule has 2 aliphatic heterocycles. The van der Waals surface area contributed by atoms with E-state index in [0.717, 1.165) is 0 Å². The zero-order valence-electron chi connectivity index (χ0n) is 25.7. The molecular formula is C31H38F8O8. The molecule has 10 aliphatic rings. The lowest BCUT2D eigenvalue weighted by Gasteiger charge is -2.62. The summed E-state index contributed by atoms with van der Waals surface area (Å²) in [4.78, 5) is 23.9. The molecule has 0 amide bonds. The van der Waals surface area contributed by atoms with Gasteiger partial charge in [0, 0.05) is 23.7 Å². The van der Waals surface area contributed by atoms with Crippen LogP contribution in [0.1, 0.15) is 64.2 Å². The second-order valence-electron chi connectivity index (χ2n) is 15.5. The Kier molecular flexibility index (Phi) is 7.44. The Balaban J connectivity index is 0.000000150. The number of carboxylic acid groups (broad SMARTS) is 1. The summed E-state index contributed by atoms with van der Waals surface area (Å²) in [6, 6.07) is 0. The molecule has 10 rings (SSSR count). The first kappa shape index (κ1) is 33.7. The van der Waals surface area contributed by atoms with Crippen LogP contribution in [0, 0.1) is 46.3 Å². The number of aliphatic carboxylic acids is 1. The highest BCUT2D eigenvalue weighted by Crippen LogP contribution is 2.67. The van der Waals surface area contributed by atoms with Crippen LogP contribution in [-0.2, 0) is 33.3 Å². The van der Waals surface area contributed by atoms with Crippen LogP contribution in [0.25, 0.3) is 0 Å². The normalized spacial score (nSPS) is 45.0. The minimum absolute atomic E-state index is 0.172. The number of methoxy groups -OCH3 is 1.